The fraction of sp³-hybridized carbons (Fsp3) is 0.235. The average Bonchev–Trinajstić information content (AvgIpc) is 2.48. The maximum absolute atomic E-state index is 13.2. The molecule has 1 N–H and O–H groups in total. The van der Waals surface area contributed by atoms with Crippen molar-refractivity contribution in [2.45, 2.75) is 20.3 Å². The first-order valence-electron chi connectivity index (χ1n) is 6.90. The number of hydrogen-bond acceptors (Lipinski definition) is 2. The molecule has 0 aromatic heterocycles. The van der Waals surface area contributed by atoms with Crippen molar-refractivity contribution in [2.75, 3.05) is 11.9 Å². The van der Waals surface area contributed by atoms with E-state index in [4.69, 9.17) is 4.74 Å². The summed E-state index contributed by atoms with van der Waals surface area (Å²) in [5, 5.41) is 2.78. The number of aryl methyl sites for hydroxylation is 1. The largest absolute Gasteiger partial charge is 0.494 e. The van der Waals surface area contributed by atoms with Crippen LogP contribution in [0.2, 0.25) is 0 Å². The van der Waals surface area contributed by atoms with Crippen molar-refractivity contribution in [3.05, 3.63) is 59.4 Å². The number of rotatable bonds is 5. The Bertz CT molecular complexity index is 640. The standard InChI is InChI=1S/C17H18FNO2/c1-3-9-21-15-6-4-5-14(11-15)19-17(20)13-7-8-16(18)12(2)10-13/h4-8,10-11H,3,9H2,1-2H3,(H,19,20). The summed E-state index contributed by atoms with van der Waals surface area (Å²) < 4.78 is 18.7. The third-order valence-corrected chi connectivity index (χ3v) is 2.98. The third-order valence-electron chi connectivity index (χ3n) is 2.98. The average molecular weight is 287 g/mol. The van der Waals surface area contributed by atoms with Crippen molar-refractivity contribution < 1.29 is 13.9 Å². The second kappa shape index (κ2) is 6.88. The predicted molar refractivity (Wildman–Crippen MR) is 81.3 cm³/mol. The van der Waals surface area contributed by atoms with Gasteiger partial charge in [-0.15, -0.1) is 0 Å². The normalized spacial score (nSPS) is 10.2. The predicted octanol–water partition coefficient (Wildman–Crippen LogP) is 4.18. The highest BCUT2D eigenvalue weighted by Gasteiger charge is 2.08. The quantitative estimate of drug-likeness (QED) is 0.896. The van der Waals surface area contributed by atoms with Crippen LogP contribution in [-0.4, -0.2) is 12.5 Å². The topological polar surface area (TPSA) is 38.3 Å². The van der Waals surface area contributed by atoms with Gasteiger partial charge in [0.05, 0.1) is 6.61 Å². The molecule has 1 amide bonds. The molecule has 0 aliphatic rings. The summed E-state index contributed by atoms with van der Waals surface area (Å²) in [6, 6.07) is 11.5. The van der Waals surface area contributed by atoms with Gasteiger partial charge in [-0.2, -0.15) is 0 Å². The highest BCUT2D eigenvalue weighted by Crippen LogP contribution is 2.19. The zero-order chi connectivity index (χ0) is 15.2. The molecule has 0 saturated heterocycles. The second-order valence-electron chi connectivity index (χ2n) is 4.79. The SMILES string of the molecule is CCCOc1cccc(NC(=O)c2ccc(F)c(C)c2)c1. The van der Waals surface area contributed by atoms with Gasteiger partial charge in [0.1, 0.15) is 11.6 Å². The lowest BCUT2D eigenvalue weighted by Crippen LogP contribution is -2.12. The molecule has 4 heteroatoms. The lowest BCUT2D eigenvalue weighted by atomic mass is 10.1. The number of amides is 1. The maximum atomic E-state index is 13.2. The Hall–Kier alpha value is -2.36. The molecule has 0 aliphatic heterocycles. The molecular weight excluding hydrogens is 269 g/mol. The van der Waals surface area contributed by atoms with Crippen molar-refractivity contribution in [1.29, 1.82) is 0 Å². The van der Waals surface area contributed by atoms with Gasteiger partial charge in [-0.05, 0) is 49.2 Å². The van der Waals surface area contributed by atoms with Crippen LogP contribution >= 0.6 is 0 Å². The molecule has 0 fully saturated rings. The van der Waals surface area contributed by atoms with Crippen LogP contribution < -0.4 is 10.1 Å². The third kappa shape index (κ3) is 4.05. The summed E-state index contributed by atoms with van der Waals surface area (Å²) in [7, 11) is 0. The first-order chi connectivity index (χ1) is 10.1. The van der Waals surface area contributed by atoms with E-state index in [0.717, 1.165) is 6.42 Å². The molecule has 21 heavy (non-hydrogen) atoms. The van der Waals surface area contributed by atoms with E-state index < -0.39 is 0 Å². The Balaban J connectivity index is 2.10. The van der Waals surface area contributed by atoms with E-state index in [2.05, 4.69) is 5.32 Å². The summed E-state index contributed by atoms with van der Waals surface area (Å²) in [6.07, 6.45) is 0.922. The number of carbonyl (C=O) groups is 1. The van der Waals surface area contributed by atoms with Gasteiger partial charge in [0.15, 0.2) is 0 Å². The molecule has 0 unspecified atom stereocenters. The van der Waals surface area contributed by atoms with Crippen molar-refractivity contribution in [3.8, 4) is 5.75 Å². The number of nitrogens with one attached hydrogen (secondary N) is 1. The maximum Gasteiger partial charge on any atom is 0.255 e. The Morgan fingerprint density at radius 2 is 2.05 bits per heavy atom. The van der Waals surface area contributed by atoms with Gasteiger partial charge in [-0.25, -0.2) is 4.39 Å². The van der Waals surface area contributed by atoms with Crippen LogP contribution in [0.15, 0.2) is 42.5 Å². The van der Waals surface area contributed by atoms with E-state index in [1.165, 1.54) is 18.2 Å². The van der Waals surface area contributed by atoms with E-state index in [1.54, 1.807) is 19.1 Å². The van der Waals surface area contributed by atoms with Gasteiger partial charge >= 0.3 is 0 Å². The zero-order valence-electron chi connectivity index (χ0n) is 12.2. The smallest absolute Gasteiger partial charge is 0.255 e. The van der Waals surface area contributed by atoms with E-state index >= 15 is 0 Å². The number of halogens is 1. The molecule has 0 heterocycles. The molecule has 2 aromatic rings. The Kier molecular flexibility index (Phi) is 4.93. The van der Waals surface area contributed by atoms with Crippen LogP contribution in [0, 0.1) is 12.7 Å². The number of hydrogen-bond donors (Lipinski definition) is 1. The monoisotopic (exact) mass is 287 g/mol. The number of benzene rings is 2. The van der Waals surface area contributed by atoms with Crippen molar-refractivity contribution in [2.24, 2.45) is 0 Å². The van der Waals surface area contributed by atoms with Crippen LogP contribution in [0.3, 0.4) is 0 Å². The molecule has 3 nitrogen and oxygen atoms in total. The minimum atomic E-state index is -0.318. The molecule has 0 bridgehead atoms. The molecule has 2 rings (SSSR count). The van der Waals surface area contributed by atoms with Crippen molar-refractivity contribution in [3.63, 3.8) is 0 Å². The lowest BCUT2D eigenvalue weighted by Gasteiger charge is -2.09. The van der Waals surface area contributed by atoms with Gasteiger partial charge in [0, 0.05) is 17.3 Å². The Morgan fingerprint density at radius 1 is 1.24 bits per heavy atom. The van der Waals surface area contributed by atoms with Gasteiger partial charge < -0.3 is 10.1 Å². The summed E-state index contributed by atoms with van der Waals surface area (Å²) in [4.78, 5) is 12.1. The second-order valence-corrected chi connectivity index (χ2v) is 4.79. The molecule has 110 valence electrons. The number of ether oxygens (including phenoxy) is 1. The first-order valence-corrected chi connectivity index (χ1v) is 6.90. The first kappa shape index (κ1) is 15.0. The van der Waals surface area contributed by atoms with E-state index in [1.807, 2.05) is 19.1 Å². The zero-order valence-corrected chi connectivity index (χ0v) is 12.2. The summed E-state index contributed by atoms with van der Waals surface area (Å²) in [5.74, 6) is 0.122. The van der Waals surface area contributed by atoms with Crippen molar-refractivity contribution >= 4 is 11.6 Å². The minimum absolute atomic E-state index is 0.272. The number of carbonyl (C=O) groups excluding carboxylic acids is 1. The van der Waals surface area contributed by atoms with Crippen LogP contribution in [0.1, 0.15) is 29.3 Å². The molecular formula is C17H18FNO2. The lowest BCUT2D eigenvalue weighted by molar-refractivity contribution is 0.102. The van der Waals surface area contributed by atoms with Crippen LogP contribution in [-0.2, 0) is 0 Å². The van der Waals surface area contributed by atoms with Crippen LogP contribution in [0.4, 0.5) is 10.1 Å². The molecule has 2 aromatic carbocycles. The molecule has 0 atom stereocenters. The van der Waals surface area contributed by atoms with Gasteiger partial charge in [0.2, 0.25) is 0 Å². The van der Waals surface area contributed by atoms with Crippen LogP contribution in [0.5, 0.6) is 5.75 Å². The summed E-state index contributed by atoms with van der Waals surface area (Å²) in [5.41, 5.74) is 1.52. The van der Waals surface area contributed by atoms with E-state index in [-0.39, 0.29) is 11.7 Å². The van der Waals surface area contributed by atoms with Gasteiger partial charge in [-0.1, -0.05) is 13.0 Å². The van der Waals surface area contributed by atoms with Crippen LogP contribution in [0.25, 0.3) is 0 Å². The molecule has 0 spiro atoms. The summed E-state index contributed by atoms with van der Waals surface area (Å²) >= 11 is 0. The van der Waals surface area contributed by atoms with Gasteiger partial charge in [0.25, 0.3) is 5.91 Å². The Labute approximate surface area is 123 Å². The van der Waals surface area contributed by atoms with E-state index in [9.17, 15) is 9.18 Å². The molecule has 0 saturated carbocycles. The highest BCUT2D eigenvalue weighted by atomic mass is 19.1. The molecule has 0 radical (unpaired) electrons. The van der Waals surface area contributed by atoms with Crippen molar-refractivity contribution in [1.82, 2.24) is 0 Å². The fourth-order valence-electron chi connectivity index (χ4n) is 1.87. The van der Waals surface area contributed by atoms with E-state index in [0.29, 0.717) is 29.2 Å². The van der Waals surface area contributed by atoms with Gasteiger partial charge in [-0.3, -0.25) is 4.79 Å². The fourth-order valence-corrected chi connectivity index (χ4v) is 1.87. The minimum Gasteiger partial charge on any atom is -0.494 e. The number of anilines is 1. The highest BCUT2D eigenvalue weighted by molar-refractivity contribution is 6.04. The summed E-state index contributed by atoms with van der Waals surface area (Å²) in [6.45, 7) is 4.29. The Morgan fingerprint density at radius 3 is 2.76 bits per heavy atom. The molecule has 0 aliphatic carbocycles.